The Morgan fingerprint density at radius 3 is 2.46 bits per heavy atom. The fraction of sp³-hybridized carbons (Fsp3) is 0.185. The van der Waals surface area contributed by atoms with Crippen LogP contribution in [0.15, 0.2) is 83.8 Å². The highest BCUT2D eigenvalue weighted by molar-refractivity contribution is 7.91. The summed E-state index contributed by atoms with van der Waals surface area (Å²) in [5, 5.41) is 3.59. The predicted molar refractivity (Wildman–Crippen MR) is 134 cm³/mol. The van der Waals surface area contributed by atoms with Crippen molar-refractivity contribution in [2.24, 2.45) is 0 Å². The topological polar surface area (TPSA) is 94.6 Å². The van der Waals surface area contributed by atoms with Gasteiger partial charge in [-0.2, -0.15) is 0 Å². The standard InChI is InChI=1S/C27H24N2O5S/c30-27(28-13-6-16-35(31,32)20-7-2-1-3-8-20)22-18-24(29-23-10-5-4-9-21(22)23)19-11-12-25-26(17-19)34-15-14-33-25/h1-5,7-12,17-18H,6,13-16H2,(H,28,30). The number of carbonyl (C=O) groups excluding carboxylic acids is 1. The van der Waals surface area contributed by atoms with Crippen molar-refractivity contribution in [1.29, 1.82) is 0 Å². The van der Waals surface area contributed by atoms with E-state index in [1.54, 1.807) is 36.4 Å². The van der Waals surface area contributed by atoms with E-state index in [-0.39, 0.29) is 23.1 Å². The van der Waals surface area contributed by atoms with Crippen LogP contribution in [0, 0.1) is 0 Å². The number of amides is 1. The minimum absolute atomic E-state index is 0.0448. The summed E-state index contributed by atoms with van der Waals surface area (Å²) in [6, 6.07) is 23.1. The van der Waals surface area contributed by atoms with Crippen LogP contribution in [0.3, 0.4) is 0 Å². The van der Waals surface area contributed by atoms with Crippen LogP contribution in [0.25, 0.3) is 22.2 Å². The second-order valence-electron chi connectivity index (χ2n) is 8.17. The lowest BCUT2D eigenvalue weighted by molar-refractivity contribution is 0.0955. The lowest BCUT2D eigenvalue weighted by Gasteiger charge is -2.19. The average Bonchev–Trinajstić information content (AvgIpc) is 2.90. The van der Waals surface area contributed by atoms with Crippen LogP contribution >= 0.6 is 0 Å². The zero-order valence-corrected chi connectivity index (χ0v) is 19.8. The van der Waals surface area contributed by atoms with Crippen molar-refractivity contribution in [3.05, 3.63) is 84.4 Å². The molecule has 1 aromatic heterocycles. The highest BCUT2D eigenvalue weighted by atomic mass is 32.2. The molecule has 0 bridgehead atoms. The zero-order chi connectivity index (χ0) is 24.3. The Kier molecular flexibility index (Phi) is 6.37. The van der Waals surface area contributed by atoms with E-state index in [1.807, 2.05) is 42.5 Å². The average molecular weight is 489 g/mol. The molecule has 2 heterocycles. The molecule has 5 rings (SSSR count). The van der Waals surface area contributed by atoms with E-state index >= 15 is 0 Å². The van der Waals surface area contributed by atoms with Gasteiger partial charge in [0.05, 0.1) is 27.4 Å². The molecule has 35 heavy (non-hydrogen) atoms. The number of benzene rings is 3. The summed E-state index contributed by atoms with van der Waals surface area (Å²) in [5.41, 5.74) is 2.61. The zero-order valence-electron chi connectivity index (χ0n) is 18.9. The Labute approximate surface area is 203 Å². The predicted octanol–water partition coefficient (Wildman–Crippen LogP) is 4.27. The van der Waals surface area contributed by atoms with E-state index in [4.69, 9.17) is 14.5 Å². The molecule has 1 aliphatic rings. The van der Waals surface area contributed by atoms with Crippen molar-refractivity contribution in [2.45, 2.75) is 11.3 Å². The van der Waals surface area contributed by atoms with E-state index in [0.29, 0.717) is 47.9 Å². The first kappa shape index (κ1) is 22.9. The molecule has 4 aromatic rings. The molecular formula is C27H24N2O5S. The maximum absolute atomic E-state index is 13.1. The molecular weight excluding hydrogens is 464 g/mol. The van der Waals surface area contributed by atoms with Gasteiger partial charge in [-0.15, -0.1) is 0 Å². The Morgan fingerprint density at radius 2 is 1.63 bits per heavy atom. The molecule has 0 saturated heterocycles. The number of aromatic nitrogens is 1. The number of hydrogen-bond donors (Lipinski definition) is 1. The van der Waals surface area contributed by atoms with Crippen LogP contribution in [0.1, 0.15) is 16.8 Å². The number of sulfone groups is 1. The number of para-hydroxylation sites is 1. The van der Waals surface area contributed by atoms with Gasteiger partial charge in [0.1, 0.15) is 13.2 Å². The number of carbonyl (C=O) groups is 1. The third-order valence-corrected chi connectivity index (χ3v) is 7.59. The highest BCUT2D eigenvalue weighted by Gasteiger charge is 2.18. The first-order valence-corrected chi connectivity index (χ1v) is 13.0. The van der Waals surface area contributed by atoms with E-state index in [0.717, 1.165) is 10.9 Å². The smallest absolute Gasteiger partial charge is 0.252 e. The van der Waals surface area contributed by atoms with Crippen LogP contribution in [0.5, 0.6) is 11.5 Å². The van der Waals surface area contributed by atoms with Gasteiger partial charge < -0.3 is 14.8 Å². The fourth-order valence-electron chi connectivity index (χ4n) is 4.02. The van der Waals surface area contributed by atoms with Crippen molar-refractivity contribution in [3.63, 3.8) is 0 Å². The van der Waals surface area contributed by atoms with Crippen molar-refractivity contribution in [1.82, 2.24) is 10.3 Å². The number of rotatable bonds is 7. The summed E-state index contributed by atoms with van der Waals surface area (Å²) in [7, 11) is -3.39. The molecule has 0 atom stereocenters. The van der Waals surface area contributed by atoms with Gasteiger partial charge in [0.2, 0.25) is 0 Å². The van der Waals surface area contributed by atoms with Crippen molar-refractivity contribution < 1.29 is 22.7 Å². The van der Waals surface area contributed by atoms with Crippen LogP contribution in [0.2, 0.25) is 0 Å². The van der Waals surface area contributed by atoms with Crippen LogP contribution < -0.4 is 14.8 Å². The van der Waals surface area contributed by atoms with Crippen LogP contribution in [0.4, 0.5) is 0 Å². The summed E-state index contributed by atoms with van der Waals surface area (Å²) in [6.45, 7) is 1.23. The third kappa shape index (κ3) is 4.97. The molecule has 0 spiro atoms. The molecule has 1 amide bonds. The quantitative estimate of drug-likeness (QED) is 0.391. The second-order valence-corrected chi connectivity index (χ2v) is 10.3. The highest BCUT2D eigenvalue weighted by Crippen LogP contribution is 2.35. The van der Waals surface area contributed by atoms with Gasteiger partial charge in [-0.05, 0) is 48.9 Å². The lowest BCUT2D eigenvalue weighted by atomic mass is 10.0. The lowest BCUT2D eigenvalue weighted by Crippen LogP contribution is -2.26. The van der Waals surface area contributed by atoms with Gasteiger partial charge in [0, 0.05) is 17.5 Å². The number of hydrogen-bond acceptors (Lipinski definition) is 6. The maximum Gasteiger partial charge on any atom is 0.252 e. The molecule has 1 N–H and O–H groups in total. The Bertz CT molecular complexity index is 1490. The first-order chi connectivity index (χ1) is 17.0. The van der Waals surface area contributed by atoms with Gasteiger partial charge in [-0.1, -0.05) is 36.4 Å². The molecule has 7 nitrogen and oxygen atoms in total. The largest absolute Gasteiger partial charge is 0.486 e. The minimum Gasteiger partial charge on any atom is -0.486 e. The van der Waals surface area contributed by atoms with Gasteiger partial charge in [0.25, 0.3) is 5.91 Å². The number of fused-ring (bicyclic) bond motifs is 2. The number of pyridine rings is 1. The van der Waals surface area contributed by atoms with Gasteiger partial charge in [-0.25, -0.2) is 13.4 Å². The Hall–Kier alpha value is -3.91. The van der Waals surface area contributed by atoms with Gasteiger partial charge in [0.15, 0.2) is 21.3 Å². The van der Waals surface area contributed by atoms with Gasteiger partial charge >= 0.3 is 0 Å². The molecule has 0 saturated carbocycles. The van der Waals surface area contributed by atoms with Crippen molar-refractivity contribution >= 4 is 26.6 Å². The number of nitrogens with zero attached hydrogens (tertiary/aromatic N) is 1. The maximum atomic E-state index is 13.1. The van der Waals surface area contributed by atoms with E-state index in [1.165, 1.54) is 0 Å². The summed E-state index contributed by atoms with van der Waals surface area (Å²) in [4.78, 5) is 18.2. The third-order valence-electron chi connectivity index (χ3n) is 5.78. The monoisotopic (exact) mass is 488 g/mol. The normalized spacial score (nSPS) is 12.9. The van der Waals surface area contributed by atoms with Crippen LogP contribution in [-0.2, 0) is 9.84 Å². The summed E-state index contributed by atoms with van der Waals surface area (Å²) >= 11 is 0. The molecule has 0 unspecified atom stereocenters. The van der Waals surface area contributed by atoms with Gasteiger partial charge in [-0.3, -0.25) is 4.79 Å². The minimum atomic E-state index is -3.39. The second kappa shape index (κ2) is 9.76. The summed E-state index contributed by atoms with van der Waals surface area (Å²) < 4.78 is 36.3. The number of ether oxygens (including phenoxy) is 2. The van der Waals surface area contributed by atoms with E-state index < -0.39 is 9.84 Å². The van der Waals surface area contributed by atoms with Crippen molar-refractivity contribution in [2.75, 3.05) is 25.5 Å². The van der Waals surface area contributed by atoms with E-state index in [9.17, 15) is 13.2 Å². The van der Waals surface area contributed by atoms with E-state index in [2.05, 4.69) is 5.32 Å². The van der Waals surface area contributed by atoms with Crippen molar-refractivity contribution in [3.8, 4) is 22.8 Å². The molecule has 0 radical (unpaired) electrons. The molecule has 0 fully saturated rings. The molecule has 8 heteroatoms. The number of nitrogens with one attached hydrogen (secondary N) is 1. The Morgan fingerprint density at radius 1 is 0.886 bits per heavy atom. The molecule has 3 aromatic carbocycles. The SMILES string of the molecule is O=C(NCCCS(=O)(=O)c1ccccc1)c1cc(-c2ccc3c(c2)OCCO3)nc2ccccc12. The molecule has 0 aliphatic carbocycles. The van der Waals surface area contributed by atoms with Crippen LogP contribution in [-0.4, -0.2) is 44.8 Å². The summed E-state index contributed by atoms with van der Waals surface area (Å²) in [6.07, 6.45) is 0.307. The summed E-state index contributed by atoms with van der Waals surface area (Å²) in [5.74, 6) is 1.01. The Balaban J connectivity index is 1.35. The molecule has 178 valence electrons. The first-order valence-electron chi connectivity index (χ1n) is 11.4. The molecule has 1 aliphatic heterocycles. The fourth-order valence-corrected chi connectivity index (χ4v) is 5.35.